The Hall–Kier alpha value is -1.01. The maximum atomic E-state index is 12.5. The summed E-state index contributed by atoms with van der Waals surface area (Å²) in [6.45, 7) is 3.79. The monoisotopic (exact) mass is 318 g/mol. The molecular formula is C13H19ClN2O3S. The van der Waals surface area contributed by atoms with Gasteiger partial charge in [0, 0.05) is 36.0 Å². The van der Waals surface area contributed by atoms with Crippen LogP contribution in [0.2, 0.25) is 0 Å². The summed E-state index contributed by atoms with van der Waals surface area (Å²) in [7, 11) is 3.30. The minimum Gasteiger partial charge on any atom is -0.340 e. The Kier molecular flexibility index (Phi) is 4.16. The molecule has 0 unspecified atom stereocenters. The van der Waals surface area contributed by atoms with Gasteiger partial charge in [0.2, 0.25) is 0 Å². The van der Waals surface area contributed by atoms with E-state index in [4.69, 9.17) is 10.7 Å². The third-order valence-corrected chi connectivity index (χ3v) is 5.14. The van der Waals surface area contributed by atoms with Crippen LogP contribution in [0, 0.1) is 0 Å². The summed E-state index contributed by atoms with van der Waals surface area (Å²) in [5.41, 5.74) is 0.369. The minimum absolute atomic E-state index is 0.0177. The number of carbonyl (C=O) groups excluding carboxylic acids is 1. The maximum absolute atomic E-state index is 12.5. The lowest BCUT2D eigenvalue weighted by Crippen LogP contribution is -2.42. The molecule has 1 amide bonds. The molecule has 0 radical (unpaired) electrons. The minimum atomic E-state index is -3.83. The van der Waals surface area contributed by atoms with Crippen LogP contribution in [-0.2, 0) is 9.05 Å². The number of halogens is 1. The summed E-state index contributed by atoms with van der Waals surface area (Å²) in [5.74, 6) is -0.157. The van der Waals surface area contributed by atoms with Crippen LogP contribution in [0.25, 0.3) is 0 Å². The molecule has 1 heterocycles. The number of hydrogen-bond donors (Lipinski definition) is 0. The molecule has 2 rings (SSSR count). The van der Waals surface area contributed by atoms with Crippen LogP contribution in [-0.4, -0.2) is 36.9 Å². The fourth-order valence-electron chi connectivity index (χ4n) is 2.31. The molecule has 0 saturated heterocycles. The molecule has 20 heavy (non-hydrogen) atoms. The molecule has 1 saturated carbocycles. The van der Waals surface area contributed by atoms with Gasteiger partial charge in [0.1, 0.15) is 10.6 Å². The average molecular weight is 319 g/mol. The molecule has 7 heteroatoms. The highest BCUT2D eigenvalue weighted by Gasteiger charge is 2.29. The molecule has 0 atom stereocenters. The number of hydrogen-bond acceptors (Lipinski definition) is 3. The molecule has 112 valence electrons. The molecule has 1 fully saturated rings. The summed E-state index contributed by atoms with van der Waals surface area (Å²) in [5, 5.41) is 0. The van der Waals surface area contributed by atoms with Crippen molar-refractivity contribution in [2.24, 2.45) is 0 Å². The fourth-order valence-corrected chi connectivity index (χ4v) is 3.05. The molecule has 5 nitrogen and oxygen atoms in total. The number of carbonyl (C=O) groups is 1. The van der Waals surface area contributed by atoms with Crippen LogP contribution in [0.5, 0.6) is 0 Å². The number of rotatable bonds is 4. The van der Waals surface area contributed by atoms with E-state index in [0.29, 0.717) is 5.69 Å². The van der Waals surface area contributed by atoms with Gasteiger partial charge in [-0.2, -0.15) is 0 Å². The molecule has 1 aliphatic carbocycles. The largest absolute Gasteiger partial charge is 0.340 e. The lowest BCUT2D eigenvalue weighted by atomic mass is 9.92. The Morgan fingerprint density at radius 2 is 2.05 bits per heavy atom. The third kappa shape index (κ3) is 2.86. The van der Waals surface area contributed by atoms with E-state index >= 15 is 0 Å². The first-order valence-corrected chi connectivity index (χ1v) is 8.96. The van der Waals surface area contributed by atoms with Crippen molar-refractivity contribution in [2.45, 2.75) is 50.1 Å². The Morgan fingerprint density at radius 3 is 2.45 bits per heavy atom. The van der Waals surface area contributed by atoms with Crippen LogP contribution in [0.15, 0.2) is 17.2 Å². The SMILES string of the molecule is CC(C)n1cc(S(=O)(=O)Cl)cc1C(=O)N(C)C1CCC1. The van der Waals surface area contributed by atoms with E-state index in [-0.39, 0.29) is 22.9 Å². The van der Waals surface area contributed by atoms with Crippen LogP contribution in [0.4, 0.5) is 0 Å². The van der Waals surface area contributed by atoms with Gasteiger partial charge in [0.05, 0.1) is 0 Å². The molecule has 0 aliphatic heterocycles. The van der Waals surface area contributed by atoms with E-state index in [1.807, 2.05) is 13.8 Å². The van der Waals surface area contributed by atoms with Crippen molar-refractivity contribution < 1.29 is 13.2 Å². The van der Waals surface area contributed by atoms with Crippen LogP contribution >= 0.6 is 10.7 Å². The zero-order valence-electron chi connectivity index (χ0n) is 11.8. The molecule has 1 aromatic rings. The normalized spacial score (nSPS) is 16.2. The second kappa shape index (κ2) is 5.41. The van der Waals surface area contributed by atoms with Crippen molar-refractivity contribution in [3.8, 4) is 0 Å². The molecular weight excluding hydrogens is 300 g/mol. The smallest absolute Gasteiger partial charge is 0.270 e. The number of nitrogens with zero attached hydrogens (tertiary/aromatic N) is 2. The van der Waals surface area contributed by atoms with Crippen molar-refractivity contribution >= 4 is 25.6 Å². The van der Waals surface area contributed by atoms with Crippen molar-refractivity contribution in [3.05, 3.63) is 18.0 Å². The van der Waals surface area contributed by atoms with Crippen LogP contribution < -0.4 is 0 Å². The lowest BCUT2D eigenvalue weighted by molar-refractivity contribution is 0.0639. The predicted octanol–water partition coefficient (Wildman–Crippen LogP) is 2.62. The second-order valence-corrected chi connectivity index (χ2v) is 8.07. The van der Waals surface area contributed by atoms with E-state index < -0.39 is 9.05 Å². The second-order valence-electron chi connectivity index (χ2n) is 5.50. The fraction of sp³-hybridized carbons (Fsp3) is 0.615. The standard InChI is InChI=1S/C13H19ClN2O3S/c1-9(2)16-8-11(20(14,18)19)7-12(16)13(17)15(3)10-5-4-6-10/h7-10H,4-6H2,1-3H3. The van der Waals surface area contributed by atoms with Gasteiger partial charge in [0.25, 0.3) is 15.0 Å². The summed E-state index contributed by atoms with van der Waals surface area (Å²) in [6, 6.07) is 1.60. The van der Waals surface area contributed by atoms with Gasteiger partial charge in [-0.1, -0.05) is 0 Å². The highest BCUT2D eigenvalue weighted by molar-refractivity contribution is 8.13. The molecule has 1 aromatic heterocycles. The molecule has 0 N–H and O–H groups in total. The van der Waals surface area contributed by atoms with E-state index in [2.05, 4.69) is 0 Å². The van der Waals surface area contributed by atoms with E-state index in [1.165, 1.54) is 12.3 Å². The zero-order valence-corrected chi connectivity index (χ0v) is 13.4. The first-order chi connectivity index (χ1) is 9.21. The van der Waals surface area contributed by atoms with E-state index in [0.717, 1.165) is 19.3 Å². The van der Waals surface area contributed by atoms with Gasteiger partial charge in [-0.3, -0.25) is 4.79 Å². The Morgan fingerprint density at radius 1 is 1.45 bits per heavy atom. The first-order valence-electron chi connectivity index (χ1n) is 6.65. The van der Waals surface area contributed by atoms with Crippen LogP contribution in [0.3, 0.4) is 0 Å². The van der Waals surface area contributed by atoms with Gasteiger partial charge in [-0.25, -0.2) is 8.42 Å². The van der Waals surface area contributed by atoms with Crippen molar-refractivity contribution in [2.75, 3.05) is 7.05 Å². The molecule has 1 aliphatic rings. The Balaban J connectivity index is 2.38. The molecule has 0 spiro atoms. The molecule has 0 aromatic carbocycles. The third-order valence-electron chi connectivity index (χ3n) is 3.82. The Bertz CT molecular complexity index is 618. The highest BCUT2D eigenvalue weighted by atomic mass is 35.7. The van der Waals surface area contributed by atoms with Gasteiger partial charge in [-0.05, 0) is 39.2 Å². The van der Waals surface area contributed by atoms with Gasteiger partial charge < -0.3 is 9.47 Å². The number of amides is 1. The van der Waals surface area contributed by atoms with Crippen LogP contribution in [0.1, 0.15) is 49.6 Å². The summed E-state index contributed by atoms with van der Waals surface area (Å²) >= 11 is 0. The quantitative estimate of drug-likeness (QED) is 0.802. The van der Waals surface area contributed by atoms with Crippen molar-refractivity contribution in [3.63, 3.8) is 0 Å². The summed E-state index contributed by atoms with van der Waals surface area (Å²) in [6.07, 6.45) is 4.57. The highest BCUT2D eigenvalue weighted by Crippen LogP contribution is 2.27. The van der Waals surface area contributed by atoms with Crippen molar-refractivity contribution in [1.82, 2.24) is 9.47 Å². The first kappa shape index (κ1) is 15.4. The van der Waals surface area contributed by atoms with Gasteiger partial charge in [0.15, 0.2) is 0 Å². The zero-order chi connectivity index (χ0) is 15.1. The average Bonchev–Trinajstić information content (AvgIpc) is 2.69. The van der Waals surface area contributed by atoms with Gasteiger partial charge in [-0.15, -0.1) is 0 Å². The topological polar surface area (TPSA) is 59.4 Å². The van der Waals surface area contributed by atoms with Crippen molar-refractivity contribution in [1.29, 1.82) is 0 Å². The lowest BCUT2D eigenvalue weighted by Gasteiger charge is -2.35. The molecule has 0 bridgehead atoms. The van der Waals surface area contributed by atoms with E-state index in [9.17, 15) is 13.2 Å². The summed E-state index contributed by atoms with van der Waals surface area (Å²) in [4.78, 5) is 14.2. The van der Waals surface area contributed by atoms with Gasteiger partial charge >= 0.3 is 0 Å². The summed E-state index contributed by atoms with van der Waals surface area (Å²) < 4.78 is 24.5. The number of aromatic nitrogens is 1. The predicted molar refractivity (Wildman–Crippen MR) is 77.6 cm³/mol. The Labute approximate surface area is 123 Å². The maximum Gasteiger partial charge on any atom is 0.270 e. The van der Waals surface area contributed by atoms with E-state index in [1.54, 1.807) is 16.5 Å².